The first kappa shape index (κ1) is 17.4. The highest BCUT2D eigenvalue weighted by Gasteiger charge is 2.16. The molecule has 0 aromatic heterocycles. The Balaban J connectivity index is 2.05. The van der Waals surface area contributed by atoms with E-state index in [1.807, 2.05) is 30.3 Å². The van der Waals surface area contributed by atoms with Crippen LogP contribution in [0.15, 0.2) is 54.1 Å². The highest BCUT2D eigenvalue weighted by molar-refractivity contribution is 5.91. The lowest BCUT2D eigenvalue weighted by molar-refractivity contribution is -0.116. The smallest absolute Gasteiger partial charge is 0.223 e. The Hall–Kier alpha value is -2.46. The van der Waals surface area contributed by atoms with Gasteiger partial charge in [0.1, 0.15) is 5.82 Å². The molecule has 1 saturated heterocycles. The van der Waals surface area contributed by atoms with Crippen LogP contribution in [0.1, 0.15) is 30.9 Å². The van der Waals surface area contributed by atoms with E-state index in [1.54, 1.807) is 31.0 Å². The van der Waals surface area contributed by atoms with Gasteiger partial charge in [-0.3, -0.25) is 4.79 Å². The van der Waals surface area contributed by atoms with E-state index in [2.05, 4.69) is 5.32 Å². The molecule has 0 atom stereocenters. The maximum atomic E-state index is 13.8. The van der Waals surface area contributed by atoms with Crippen molar-refractivity contribution >= 4 is 17.2 Å². The lowest BCUT2D eigenvalue weighted by atomic mass is 9.88. The topological polar surface area (TPSA) is 32.3 Å². The Labute approximate surface area is 148 Å². The summed E-state index contributed by atoms with van der Waals surface area (Å²) in [6, 6.07) is 14.7. The molecule has 0 unspecified atom stereocenters. The summed E-state index contributed by atoms with van der Waals surface area (Å²) < 4.78 is 13.8. The van der Waals surface area contributed by atoms with Crippen molar-refractivity contribution in [2.75, 3.05) is 25.0 Å². The fourth-order valence-electron chi connectivity index (χ4n) is 3.23. The summed E-state index contributed by atoms with van der Waals surface area (Å²) in [6.45, 7) is 3.43. The number of piperidine rings is 1. The van der Waals surface area contributed by atoms with Gasteiger partial charge in [-0.05, 0) is 66.9 Å². The number of carbonyl (C=O) groups excluding carboxylic acids is 1. The van der Waals surface area contributed by atoms with Crippen molar-refractivity contribution in [2.24, 2.45) is 0 Å². The van der Waals surface area contributed by atoms with Crippen LogP contribution in [0.5, 0.6) is 0 Å². The summed E-state index contributed by atoms with van der Waals surface area (Å²) in [4.78, 5) is 13.2. The van der Waals surface area contributed by atoms with E-state index in [1.165, 1.54) is 11.6 Å². The highest BCUT2D eigenvalue weighted by atomic mass is 19.1. The maximum absolute atomic E-state index is 13.8. The lowest BCUT2D eigenvalue weighted by Crippen LogP contribution is -2.24. The molecular weight excluding hydrogens is 315 g/mol. The van der Waals surface area contributed by atoms with Crippen molar-refractivity contribution in [1.82, 2.24) is 5.32 Å². The summed E-state index contributed by atoms with van der Waals surface area (Å²) in [5.74, 6) is -0.229. The van der Waals surface area contributed by atoms with Crippen molar-refractivity contribution in [1.29, 1.82) is 0 Å². The van der Waals surface area contributed by atoms with Crippen LogP contribution in [0.25, 0.3) is 5.57 Å². The normalized spacial score (nSPS) is 14.3. The standard InChI is InChI=1S/C21H23FN2O/c1-15(25)24(2)20-8-6-16(7-9-20)21(17-10-12-23-13-11-17)18-4-3-5-19(22)14-18/h3-9,14,23H,10-13H2,1-2H3. The van der Waals surface area contributed by atoms with Crippen molar-refractivity contribution in [2.45, 2.75) is 19.8 Å². The first-order chi connectivity index (χ1) is 12.1. The molecule has 1 N–H and O–H groups in total. The van der Waals surface area contributed by atoms with E-state index in [0.717, 1.165) is 48.3 Å². The number of amides is 1. The van der Waals surface area contributed by atoms with Crippen LogP contribution >= 0.6 is 0 Å². The predicted octanol–water partition coefficient (Wildman–Crippen LogP) is 3.99. The zero-order chi connectivity index (χ0) is 17.8. The van der Waals surface area contributed by atoms with Crippen LogP contribution < -0.4 is 10.2 Å². The first-order valence-electron chi connectivity index (χ1n) is 8.59. The fraction of sp³-hybridized carbons (Fsp3) is 0.286. The zero-order valence-corrected chi connectivity index (χ0v) is 14.7. The molecule has 3 rings (SSSR count). The molecule has 0 saturated carbocycles. The largest absolute Gasteiger partial charge is 0.316 e. The minimum Gasteiger partial charge on any atom is -0.316 e. The van der Waals surface area contributed by atoms with Gasteiger partial charge in [0.15, 0.2) is 0 Å². The van der Waals surface area contributed by atoms with Crippen LogP contribution in [0.3, 0.4) is 0 Å². The number of anilines is 1. The monoisotopic (exact) mass is 338 g/mol. The molecule has 3 nitrogen and oxygen atoms in total. The number of halogens is 1. The molecule has 0 bridgehead atoms. The molecule has 0 radical (unpaired) electrons. The van der Waals surface area contributed by atoms with E-state index in [4.69, 9.17) is 0 Å². The number of hydrogen-bond donors (Lipinski definition) is 1. The number of carbonyl (C=O) groups is 1. The molecule has 2 aromatic carbocycles. The maximum Gasteiger partial charge on any atom is 0.223 e. The second-order valence-electron chi connectivity index (χ2n) is 6.36. The number of rotatable bonds is 3. The molecule has 1 amide bonds. The zero-order valence-electron chi connectivity index (χ0n) is 14.7. The van der Waals surface area contributed by atoms with Crippen LogP contribution in [0.4, 0.5) is 10.1 Å². The second-order valence-corrected chi connectivity index (χ2v) is 6.36. The minimum absolute atomic E-state index is 0.00480. The summed E-state index contributed by atoms with van der Waals surface area (Å²) in [5.41, 5.74) is 5.27. The van der Waals surface area contributed by atoms with Gasteiger partial charge < -0.3 is 10.2 Å². The van der Waals surface area contributed by atoms with Gasteiger partial charge in [-0.1, -0.05) is 29.8 Å². The average Bonchev–Trinajstić information content (AvgIpc) is 2.63. The molecule has 1 fully saturated rings. The van der Waals surface area contributed by atoms with Crippen molar-refractivity contribution in [3.05, 3.63) is 71.0 Å². The quantitative estimate of drug-likeness (QED) is 0.918. The number of benzene rings is 2. The number of hydrogen-bond acceptors (Lipinski definition) is 2. The van der Waals surface area contributed by atoms with Crippen molar-refractivity contribution in [3.63, 3.8) is 0 Å². The Kier molecular flexibility index (Phi) is 5.29. The van der Waals surface area contributed by atoms with Crippen molar-refractivity contribution < 1.29 is 9.18 Å². The Morgan fingerprint density at radius 2 is 1.72 bits per heavy atom. The van der Waals surface area contributed by atoms with E-state index in [0.29, 0.717) is 0 Å². The van der Waals surface area contributed by atoms with E-state index < -0.39 is 0 Å². The summed E-state index contributed by atoms with van der Waals surface area (Å²) in [5, 5.41) is 3.37. The van der Waals surface area contributed by atoms with Gasteiger partial charge in [0.2, 0.25) is 5.91 Å². The fourth-order valence-corrected chi connectivity index (χ4v) is 3.23. The van der Waals surface area contributed by atoms with Crippen LogP contribution in [0.2, 0.25) is 0 Å². The van der Waals surface area contributed by atoms with E-state index in [9.17, 15) is 9.18 Å². The summed E-state index contributed by atoms with van der Waals surface area (Å²) in [7, 11) is 1.76. The van der Waals surface area contributed by atoms with Gasteiger partial charge in [0.05, 0.1) is 0 Å². The molecule has 1 aliphatic heterocycles. The minimum atomic E-state index is -0.225. The molecule has 130 valence electrons. The molecule has 1 aliphatic rings. The Morgan fingerprint density at radius 1 is 1.04 bits per heavy atom. The van der Waals surface area contributed by atoms with E-state index in [-0.39, 0.29) is 11.7 Å². The third-order valence-corrected chi connectivity index (χ3v) is 4.69. The second kappa shape index (κ2) is 7.62. The molecule has 0 aliphatic carbocycles. The number of nitrogens with one attached hydrogen (secondary N) is 1. The molecule has 25 heavy (non-hydrogen) atoms. The third kappa shape index (κ3) is 3.97. The van der Waals surface area contributed by atoms with Crippen LogP contribution in [-0.4, -0.2) is 26.0 Å². The Morgan fingerprint density at radius 3 is 2.32 bits per heavy atom. The SMILES string of the molecule is CC(=O)N(C)c1ccc(C(=C2CCNCC2)c2cccc(F)c2)cc1. The molecular formula is C21H23FN2O. The summed E-state index contributed by atoms with van der Waals surface area (Å²) >= 11 is 0. The van der Waals surface area contributed by atoms with Gasteiger partial charge in [0.25, 0.3) is 0 Å². The Bertz CT molecular complexity index is 788. The van der Waals surface area contributed by atoms with E-state index >= 15 is 0 Å². The van der Waals surface area contributed by atoms with Crippen LogP contribution in [0, 0.1) is 5.82 Å². The molecule has 2 aromatic rings. The number of nitrogens with zero attached hydrogens (tertiary/aromatic N) is 1. The summed E-state index contributed by atoms with van der Waals surface area (Å²) in [6.07, 6.45) is 1.92. The van der Waals surface area contributed by atoms with Gasteiger partial charge in [-0.2, -0.15) is 0 Å². The molecule has 4 heteroatoms. The van der Waals surface area contributed by atoms with Crippen LogP contribution in [-0.2, 0) is 4.79 Å². The first-order valence-corrected chi connectivity index (χ1v) is 8.59. The molecule has 0 spiro atoms. The predicted molar refractivity (Wildman–Crippen MR) is 100 cm³/mol. The van der Waals surface area contributed by atoms with Gasteiger partial charge >= 0.3 is 0 Å². The third-order valence-electron chi connectivity index (χ3n) is 4.69. The van der Waals surface area contributed by atoms with Gasteiger partial charge in [-0.25, -0.2) is 4.39 Å². The molecule has 1 heterocycles. The average molecular weight is 338 g/mol. The van der Waals surface area contributed by atoms with Gasteiger partial charge in [0, 0.05) is 19.7 Å². The highest BCUT2D eigenvalue weighted by Crippen LogP contribution is 2.32. The van der Waals surface area contributed by atoms with Crippen molar-refractivity contribution in [3.8, 4) is 0 Å². The lowest BCUT2D eigenvalue weighted by Gasteiger charge is -2.22. The van der Waals surface area contributed by atoms with Gasteiger partial charge in [-0.15, -0.1) is 0 Å².